The lowest BCUT2D eigenvalue weighted by Gasteiger charge is -2.25. The Labute approximate surface area is 148 Å². The van der Waals surface area contributed by atoms with E-state index in [0.29, 0.717) is 32.8 Å². The van der Waals surface area contributed by atoms with E-state index >= 15 is 0 Å². The van der Waals surface area contributed by atoms with Crippen LogP contribution in [0.15, 0.2) is 18.2 Å². The van der Waals surface area contributed by atoms with Crippen LogP contribution in [0.25, 0.3) is 0 Å². The first-order valence-electron chi connectivity index (χ1n) is 8.26. The summed E-state index contributed by atoms with van der Waals surface area (Å²) in [6.45, 7) is 5.31. The SMILES string of the molecule is CCC(NC(=O)CC1COCCN1)c1ccc2c(c1)OCCO2.Cl. The van der Waals surface area contributed by atoms with Crippen LogP contribution in [0.1, 0.15) is 31.4 Å². The fraction of sp³-hybridized carbons (Fsp3) is 0.588. The number of rotatable bonds is 5. The molecule has 2 aliphatic heterocycles. The molecule has 0 spiro atoms. The fourth-order valence-electron chi connectivity index (χ4n) is 2.93. The van der Waals surface area contributed by atoms with Gasteiger partial charge in [0.15, 0.2) is 11.5 Å². The lowest BCUT2D eigenvalue weighted by Crippen LogP contribution is -2.44. The molecule has 1 saturated heterocycles. The Morgan fingerprint density at radius 3 is 2.79 bits per heavy atom. The van der Waals surface area contributed by atoms with Crippen molar-refractivity contribution in [1.29, 1.82) is 0 Å². The average molecular weight is 357 g/mol. The van der Waals surface area contributed by atoms with Crippen LogP contribution < -0.4 is 20.1 Å². The molecule has 1 aromatic carbocycles. The molecule has 0 aliphatic carbocycles. The minimum absolute atomic E-state index is 0. The molecule has 2 unspecified atom stereocenters. The molecule has 2 heterocycles. The van der Waals surface area contributed by atoms with Gasteiger partial charge in [0, 0.05) is 19.0 Å². The maximum Gasteiger partial charge on any atom is 0.222 e. The minimum atomic E-state index is -0.0252. The highest BCUT2D eigenvalue weighted by Crippen LogP contribution is 2.33. The van der Waals surface area contributed by atoms with Crippen LogP contribution >= 0.6 is 12.4 Å². The normalized spacial score (nSPS) is 20.6. The number of benzene rings is 1. The number of hydrogen-bond acceptors (Lipinski definition) is 5. The molecular weight excluding hydrogens is 332 g/mol. The summed E-state index contributed by atoms with van der Waals surface area (Å²) >= 11 is 0. The molecule has 0 bridgehead atoms. The third-order valence-electron chi connectivity index (χ3n) is 4.14. The van der Waals surface area contributed by atoms with E-state index in [4.69, 9.17) is 14.2 Å². The number of ether oxygens (including phenoxy) is 3. The molecule has 0 saturated carbocycles. The van der Waals surface area contributed by atoms with Crippen molar-refractivity contribution in [1.82, 2.24) is 10.6 Å². The van der Waals surface area contributed by atoms with Gasteiger partial charge in [0.2, 0.25) is 5.91 Å². The second-order valence-electron chi connectivity index (χ2n) is 5.86. The van der Waals surface area contributed by atoms with E-state index < -0.39 is 0 Å². The molecule has 1 amide bonds. The summed E-state index contributed by atoms with van der Waals surface area (Å²) in [7, 11) is 0. The van der Waals surface area contributed by atoms with Crippen molar-refractivity contribution in [3.63, 3.8) is 0 Å². The van der Waals surface area contributed by atoms with E-state index in [1.807, 2.05) is 18.2 Å². The van der Waals surface area contributed by atoms with Gasteiger partial charge in [-0.15, -0.1) is 12.4 Å². The van der Waals surface area contributed by atoms with E-state index in [1.165, 1.54) is 0 Å². The second kappa shape index (κ2) is 9.11. The summed E-state index contributed by atoms with van der Waals surface area (Å²) in [6, 6.07) is 5.94. The summed E-state index contributed by atoms with van der Waals surface area (Å²) in [5.41, 5.74) is 1.04. The Balaban J connectivity index is 0.00000208. The minimum Gasteiger partial charge on any atom is -0.486 e. The Morgan fingerprint density at radius 2 is 2.08 bits per heavy atom. The molecule has 0 aromatic heterocycles. The van der Waals surface area contributed by atoms with Crippen LogP contribution in [-0.2, 0) is 9.53 Å². The summed E-state index contributed by atoms with van der Waals surface area (Å²) < 4.78 is 16.5. The van der Waals surface area contributed by atoms with E-state index in [0.717, 1.165) is 30.0 Å². The highest BCUT2D eigenvalue weighted by Gasteiger charge is 2.21. The first-order valence-corrected chi connectivity index (χ1v) is 8.26. The standard InChI is InChI=1S/C17H24N2O4.ClH/c1-2-14(19-17(20)10-13-11-21-6-5-18-13)12-3-4-15-16(9-12)23-8-7-22-15;/h3-4,9,13-14,18H,2,5-8,10-11H2,1H3,(H,19,20);1H. The van der Waals surface area contributed by atoms with Crippen molar-refractivity contribution in [2.45, 2.75) is 31.8 Å². The van der Waals surface area contributed by atoms with Gasteiger partial charge in [-0.25, -0.2) is 0 Å². The predicted octanol–water partition coefficient (Wildman–Crippen LogP) is 1.83. The van der Waals surface area contributed by atoms with Crippen molar-refractivity contribution >= 4 is 18.3 Å². The number of nitrogens with one attached hydrogen (secondary N) is 2. The highest BCUT2D eigenvalue weighted by molar-refractivity contribution is 5.85. The van der Waals surface area contributed by atoms with Gasteiger partial charge in [-0.1, -0.05) is 13.0 Å². The van der Waals surface area contributed by atoms with Crippen LogP contribution in [0.3, 0.4) is 0 Å². The predicted molar refractivity (Wildman–Crippen MR) is 93.1 cm³/mol. The van der Waals surface area contributed by atoms with Crippen LogP contribution in [-0.4, -0.2) is 44.9 Å². The van der Waals surface area contributed by atoms with Gasteiger partial charge in [0.1, 0.15) is 13.2 Å². The first-order chi connectivity index (χ1) is 11.3. The van der Waals surface area contributed by atoms with Crippen molar-refractivity contribution < 1.29 is 19.0 Å². The van der Waals surface area contributed by atoms with Gasteiger partial charge in [0.05, 0.1) is 19.3 Å². The number of carbonyl (C=O) groups is 1. The Kier molecular flexibility index (Phi) is 7.15. The zero-order valence-corrected chi connectivity index (χ0v) is 14.7. The maximum absolute atomic E-state index is 12.3. The van der Waals surface area contributed by atoms with Crippen molar-refractivity contribution in [3.05, 3.63) is 23.8 Å². The molecule has 0 radical (unpaired) electrons. The average Bonchev–Trinajstić information content (AvgIpc) is 2.60. The molecule has 6 nitrogen and oxygen atoms in total. The fourth-order valence-corrected chi connectivity index (χ4v) is 2.93. The van der Waals surface area contributed by atoms with Crippen LogP contribution in [0.2, 0.25) is 0 Å². The van der Waals surface area contributed by atoms with Crippen LogP contribution in [0.4, 0.5) is 0 Å². The second-order valence-corrected chi connectivity index (χ2v) is 5.86. The molecule has 134 valence electrons. The molecular formula is C17H25ClN2O4. The third kappa shape index (κ3) is 4.75. The number of halogens is 1. The van der Waals surface area contributed by atoms with Gasteiger partial charge < -0.3 is 24.8 Å². The Hall–Kier alpha value is -1.50. The molecule has 3 rings (SSSR count). The zero-order valence-electron chi connectivity index (χ0n) is 13.9. The van der Waals surface area contributed by atoms with Gasteiger partial charge in [-0.05, 0) is 24.1 Å². The largest absolute Gasteiger partial charge is 0.486 e. The van der Waals surface area contributed by atoms with Gasteiger partial charge >= 0.3 is 0 Å². The molecule has 1 aromatic rings. The van der Waals surface area contributed by atoms with Crippen molar-refractivity contribution in [2.24, 2.45) is 0 Å². The number of morpholine rings is 1. The van der Waals surface area contributed by atoms with Gasteiger partial charge in [-0.2, -0.15) is 0 Å². The lowest BCUT2D eigenvalue weighted by molar-refractivity contribution is -0.123. The number of hydrogen-bond donors (Lipinski definition) is 2. The molecule has 7 heteroatoms. The van der Waals surface area contributed by atoms with Crippen LogP contribution in [0, 0.1) is 0 Å². The van der Waals surface area contributed by atoms with Crippen LogP contribution in [0.5, 0.6) is 11.5 Å². The third-order valence-corrected chi connectivity index (χ3v) is 4.14. The van der Waals surface area contributed by atoms with E-state index in [2.05, 4.69) is 17.6 Å². The summed E-state index contributed by atoms with van der Waals surface area (Å²) in [6.07, 6.45) is 1.25. The zero-order chi connectivity index (χ0) is 16.1. The maximum atomic E-state index is 12.3. The van der Waals surface area contributed by atoms with E-state index in [1.54, 1.807) is 0 Å². The molecule has 2 N–H and O–H groups in total. The Bertz CT molecular complexity index is 549. The highest BCUT2D eigenvalue weighted by atomic mass is 35.5. The quantitative estimate of drug-likeness (QED) is 0.842. The summed E-state index contributed by atoms with van der Waals surface area (Å²) in [5.74, 6) is 1.56. The topological polar surface area (TPSA) is 68.8 Å². The van der Waals surface area contributed by atoms with Crippen molar-refractivity contribution in [2.75, 3.05) is 33.0 Å². The first kappa shape index (κ1) is 18.8. The van der Waals surface area contributed by atoms with Gasteiger partial charge in [-0.3, -0.25) is 4.79 Å². The molecule has 2 atom stereocenters. The number of carbonyl (C=O) groups excluding carboxylic acids is 1. The number of amides is 1. The Morgan fingerprint density at radius 1 is 1.29 bits per heavy atom. The van der Waals surface area contributed by atoms with Crippen molar-refractivity contribution in [3.8, 4) is 11.5 Å². The summed E-state index contributed by atoms with van der Waals surface area (Å²) in [5, 5.41) is 6.41. The molecule has 24 heavy (non-hydrogen) atoms. The van der Waals surface area contributed by atoms with Gasteiger partial charge in [0.25, 0.3) is 0 Å². The molecule has 2 aliphatic rings. The summed E-state index contributed by atoms with van der Waals surface area (Å²) in [4.78, 5) is 12.3. The number of fused-ring (bicyclic) bond motifs is 1. The monoisotopic (exact) mass is 356 g/mol. The smallest absolute Gasteiger partial charge is 0.222 e. The van der Waals surface area contributed by atoms with E-state index in [9.17, 15) is 4.79 Å². The van der Waals surface area contributed by atoms with E-state index in [-0.39, 0.29) is 30.4 Å². The lowest BCUT2D eigenvalue weighted by atomic mass is 10.0. The molecule has 1 fully saturated rings.